The van der Waals surface area contributed by atoms with E-state index in [9.17, 15) is 23.0 Å². The largest absolute Gasteiger partial charge is 0.497 e. The van der Waals surface area contributed by atoms with Gasteiger partial charge in [0.15, 0.2) is 0 Å². The van der Waals surface area contributed by atoms with Crippen LogP contribution in [0.3, 0.4) is 0 Å². The van der Waals surface area contributed by atoms with Crippen LogP contribution >= 0.6 is 7.60 Å². The van der Waals surface area contributed by atoms with Gasteiger partial charge in [-0.15, -0.1) is 0 Å². The van der Waals surface area contributed by atoms with Crippen LogP contribution in [0.5, 0.6) is 5.75 Å². The van der Waals surface area contributed by atoms with Crippen LogP contribution in [0, 0.1) is 5.92 Å². The van der Waals surface area contributed by atoms with Crippen LogP contribution in [0.2, 0.25) is 0 Å². The Balaban J connectivity index is 2.01. The summed E-state index contributed by atoms with van der Waals surface area (Å²) in [6.45, 7) is 5.88. The first-order chi connectivity index (χ1) is 16.9. The topological polar surface area (TPSA) is 151 Å². The van der Waals surface area contributed by atoms with Gasteiger partial charge in [0.2, 0.25) is 10.0 Å². The Hall–Kier alpha value is -1.98. The fraction of sp³-hybridized carbons (Fsp3) is 0.500. The van der Waals surface area contributed by atoms with Crippen molar-refractivity contribution < 1.29 is 32.2 Å². The van der Waals surface area contributed by atoms with E-state index in [0.717, 1.165) is 0 Å². The van der Waals surface area contributed by atoms with Gasteiger partial charge in [-0.2, -0.15) is 4.31 Å². The van der Waals surface area contributed by atoms with Gasteiger partial charge in [0, 0.05) is 31.4 Å². The Morgan fingerprint density at radius 2 is 1.69 bits per heavy atom. The van der Waals surface area contributed by atoms with E-state index in [1.54, 1.807) is 43.3 Å². The number of aliphatic hydroxyl groups is 1. The molecule has 0 amide bonds. The number of benzene rings is 2. The molecule has 202 valence electrons. The van der Waals surface area contributed by atoms with Crippen molar-refractivity contribution in [2.75, 3.05) is 38.7 Å². The summed E-state index contributed by atoms with van der Waals surface area (Å²) in [5.41, 5.74) is 7.53. The van der Waals surface area contributed by atoms with E-state index in [2.05, 4.69) is 5.32 Å². The standard InChI is InChI=1S/C24H38N3O7PS/c1-5-34-35(29,30)17-19-6-8-20(9-7-19)26-14-23(25)24(28)16-27(15-18(2)3)36(31,32)22-12-10-21(33-4)11-13-22/h6-13,18,23-24,26,28H,5,14-17,25H2,1-4H3,(H,29,30)/t23-,24+/m0/s1. The fourth-order valence-electron chi connectivity index (χ4n) is 3.50. The first-order valence-corrected chi connectivity index (χ1v) is 14.9. The maximum atomic E-state index is 13.2. The number of sulfonamides is 1. The first-order valence-electron chi connectivity index (χ1n) is 11.7. The van der Waals surface area contributed by atoms with Crippen LogP contribution in [0.15, 0.2) is 53.4 Å². The number of methoxy groups -OCH3 is 1. The molecule has 0 aromatic heterocycles. The van der Waals surface area contributed by atoms with E-state index < -0.39 is 29.8 Å². The summed E-state index contributed by atoms with van der Waals surface area (Å²) in [6, 6.07) is 12.2. The van der Waals surface area contributed by atoms with Gasteiger partial charge in [-0.05, 0) is 54.8 Å². The normalized spacial score (nSPS) is 15.5. The zero-order valence-corrected chi connectivity index (χ0v) is 22.9. The molecule has 0 spiro atoms. The maximum Gasteiger partial charge on any atom is 0.332 e. The molecule has 0 saturated heterocycles. The SMILES string of the molecule is CCOP(=O)(O)Cc1ccc(NC[C@H](N)[C@H](O)CN(CC(C)C)S(=O)(=O)c2ccc(OC)cc2)cc1. The molecule has 0 aliphatic rings. The molecule has 0 heterocycles. The lowest BCUT2D eigenvalue weighted by molar-refractivity contribution is 0.120. The van der Waals surface area contributed by atoms with Crippen LogP contribution < -0.4 is 15.8 Å². The molecule has 0 saturated carbocycles. The van der Waals surface area contributed by atoms with Crippen LogP contribution in [-0.2, 0) is 25.3 Å². The molecule has 0 aliphatic carbocycles. The first kappa shape index (κ1) is 30.2. The van der Waals surface area contributed by atoms with Gasteiger partial charge in [0.05, 0.1) is 30.9 Å². The summed E-state index contributed by atoms with van der Waals surface area (Å²) < 4.78 is 49.7. The molecule has 2 aromatic carbocycles. The number of ether oxygens (including phenoxy) is 1. The Bertz CT molecular complexity index is 1100. The molecule has 2 rings (SSSR count). The smallest absolute Gasteiger partial charge is 0.332 e. The number of hydrogen-bond acceptors (Lipinski definition) is 8. The summed E-state index contributed by atoms with van der Waals surface area (Å²) in [7, 11) is -6.02. The third-order valence-corrected chi connectivity index (χ3v) is 8.63. The van der Waals surface area contributed by atoms with Crippen molar-refractivity contribution in [3.63, 3.8) is 0 Å². The molecule has 0 radical (unpaired) electrons. The quantitative estimate of drug-likeness (QED) is 0.249. The monoisotopic (exact) mass is 543 g/mol. The van der Waals surface area contributed by atoms with Gasteiger partial charge < -0.3 is 30.3 Å². The molecule has 3 atom stereocenters. The molecular formula is C24H38N3O7PS. The Labute approximate surface area is 214 Å². The highest BCUT2D eigenvalue weighted by atomic mass is 32.2. The lowest BCUT2D eigenvalue weighted by atomic mass is 10.1. The van der Waals surface area contributed by atoms with E-state index in [0.29, 0.717) is 17.0 Å². The minimum absolute atomic E-state index is 0.0371. The summed E-state index contributed by atoms with van der Waals surface area (Å²) >= 11 is 0. The number of hydrogen-bond donors (Lipinski definition) is 4. The van der Waals surface area contributed by atoms with Crippen molar-refractivity contribution in [3.05, 3.63) is 54.1 Å². The second kappa shape index (κ2) is 13.5. The minimum atomic E-state index is -3.85. The number of nitrogens with two attached hydrogens (primary N) is 1. The summed E-state index contributed by atoms with van der Waals surface area (Å²) in [5.74, 6) is 0.584. The molecule has 0 bridgehead atoms. The van der Waals surface area contributed by atoms with Crippen molar-refractivity contribution >= 4 is 23.3 Å². The van der Waals surface area contributed by atoms with E-state index >= 15 is 0 Å². The predicted molar refractivity (Wildman–Crippen MR) is 141 cm³/mol. The molecule has 36 heavy (non-hydrogen) atoms. The molecule has 2 aromatic rings. The zero-order chi connectivity index (χ0) is 26.9. The van der Waals surface area contributed by atoms with Crippen molar-refractivity contribution in [3.8, 4) is 5.75 Å². The average molecular weight is 544 g/mol. The van der Waals surface area contributed by atoms with E-state index in [1.165, 1.54) is 23.5 Å². The predicted octanol–water partition coefficient (Wildman–Crippen LogP) is 2.86. The minimum Gasteiger partial charge on any atom is -0.497 e. The third kappa shape index (κ3) is 9.15. The Morgan fingerprint density at radius 1 is 1.08 bits per heavy atom. The second-order valence-electron chi connectivity index (χ2n) is 8.91. The lowest BCUT2D eigenvalue weighted by Gasteiger charge is -2.29. The van der Waals surface area contributed by atoms with E-state index in [1.807, 2.05) is 13.8 Å². The van der Waals surface area contributed by atoms with Gasteiger partial charge in [0.25, 0.3) is 0 Å². The van der Waals surface area contributed by atoms with Crippen LogP contribution in [0.25, 0.3) is 0 Å². The molecular weight excluding hydrogens is 505 g/mol. The summed E-state index contributed by atoms with van der Waals surface area (Å²) in [4.78, 5) is 9.89. The Morgan fingerprint density at radius 3 is 2.22 bits per heavy atom. The van der Waals surface area contributed by atoms with Crippen LogP contribution in [0.1, 0.15) is 26.3 Å². The van der Waals surface area contributed by atoms with E-state index in [-0.39, 0.29) is 43.2 Å². The van der Waals surface area contributed by atoms with Crippen molar-refractivity contribution in [1.29, 1.82) is 0 Å². The summed E-state index contributed by atoms with van der Waals surface area (Å²) in [6.07, 6.45) is -1.21. The van der Waals surface area contributed by atoms with Crippen molar-refractivity contribution in [2.24, 2.45) is 11.7 Å². The molecule has 12 heteroatoms. The molecule has 0 fully saturated rings. The third-order valence-electron chi connectivity index (χ3n) is 5.36. The van der Waals surface area contributed by atoms with Gasteiger partial charge in [-0.25, -0.2) is 8.42 Å². The van der Waals surface area contributed by atoms with Crippen molar-refractivity contribution in [1.82, 2.24) is 4.31 Å². The summed E-state index contributed by atoms with van der Waals surface area (Å²) in [5, 5.41) is 13.8. The number of rotatable bonds is 15. The number of nitrogens with one attached hydrogen (secondary N) is 1. The van der Waals surface area contributed by atoms with Crippen LogP contribution in [0.4, 0.5) is 5.69 Å². The number of aliphatic hydroxyl groups excluding tert-OH is 1. The number of anilines is 1. The molecule has 1 unspecified atom stereocenters. The highest BCUT2D eigenvalue weighted by molar-refractivity contribution is 7.89. The van der Waals surface area contributed by atoms with Crippen molar-refractivity contribution in [2.45, 2.75) is 44.0 Å². The number of nitrogens with zero attached hydrogens (tertiary/aromatic N) is 1. The lowest BCUT2D eigenvalue weighted by Crippen LogP contribution is -2.49. The molecule has 0 aliphatic heterocycles. The van der Waals surface area contributed by atoms with E-state index in [4.69, 9.17) is 15.0 Å². The maximum absolute atomic E-state index is 13.2. The Kier molecular flexibility index (Phi) is 11.4. The highest BCUT2D eigenvalue weighted by Gasteiger charge is 2.29. The van der Waals surface area contributed by atoms with Gasteiger partial charge in [-0.1, -0.05) is 26.0 Å². The fourth-order valence-corrected chi connectivity index (χ4v) is 6.29. The molecule has 5 N–H and O–H groups in total. The molecule has 10 nitrogen and oxygen atoms in total. The second-order valence-corrected chi connectivity index (χ2v) is 12.7. The average Bonchev–Trinajstić information content (AvgIpc) is 2.82. The van der Waals surface area contributed by atoms with Gasteiger partial charge in [-0.3, -0.25) is 4.57 Å². The van der Waals surface area contributed by atoms with Gasteiger partial charge >= 0.3 is 7.60 Å². The van der Waals surface area contributed by atoms with Crippen LogP contribution in [-0.4, -0.2) is 68.2 Å². The van der Waals surface area contributed by atoms with Gasteiger partial charge in [0.1, 0.15) is 5.75 Å². The highest BCUT2D eigenvalue weighted by Crippen LogP contribution is 2.45. The zero-order valence-electron chi connectivity index (χ0n) is 21.2.